The molecule has 0 atom stereocenters. The summed E-state index contributed by atoms with van der Waals surface area (Å²) in [5.41, 5.74) is 1.95. The smallest absolute Gasteiger partial charge is 0.338 e. The monoisotopic (exact) mass is 362 g/mol. The summed E-state index contributed by atoms with van der Waals surface area (Å²) in [5, 5.41) is 0. The standard InChI is InChI=1S/C22H34O4/c1-4-7-9-11-13-18-17-19(14-15-20(18)22(24)25-6-3)21(23)26-16-12-10-8-5-2/h14-15,17H,4-13,16H2,1-3H3. The zero-order valence-corrected chi connectivity index (χ0v) is 16.6. The zero-order chi connectivity index (χ0) is 19.2. The molecule has 0 aromatic heterocycles. The number of rotatable bonds is 13. The number of benzene rings is 1. The van der Waals surface area contributed by atoms with Gasteiger partial charge >= 0.3 is 11.9 Å². The summed E-state index contributed by atoms with van der Waals surface area (Å²) in [4.78, 5) is 24.4. The first-order chi connectivity index (χ1) is 12.6. The lowest BCUT2D eigenvalue weighted by Crippen LogP contribution is -2.12. The van der Waals surface area contributed by atoms with Gasteiger partial charge in [0.05, 0.1) is 24.3 Å². The van der Waals surface area contributed by atoms with Crippen LogP contribution in [0.5, 0.6) is 0 Å². The minimum absolute atomic E-state index is 0.313. The minimum atomic E-state index is -0.322. The van der Waals surface area contributed by atoms with E-state index in [1.807, 2.05) is 0 Å². The minimum Gasteiger partial charge on any atom is -0.462 e. The maximum absolute atomic E-state index is 12.3. The van der Waals surface area contributed by atoms with E-state index in [1.165, 1.54) is 6.42 Å². The maximum Gasteiger partial charge on any atom is 0.338 e. The summed E-state index contributed by atoms with van der Waals surface area (Å²) in [6, 6.07) is 5.16. The van der Waals surface area contributed by atoms with Crippen molar-refractivity contribution < 1.29 is 19.1 Å². The molecule has 0 N–H and O–H groups in total. The summed E-state index contributed by atoms with van der Waals surface area (Å²) in [6.45, 7) is 6.91. The summed E-state index contributed by atoms with van der Waals surface area (Å²) >= 11 is 0. The molecule has 1 rings (SSSR count). The Kier molecular flexibility index (Phi) is 11.4. The van der Waals surface area contributed by atoms with Crippen molar-refractivity contribution in [1.82, 2.24) is 0 Å². The van der Waals surface area contributed by atoms with E-state index >= 15 is 0 Å². The van der Waals surface area contributed by atoms with E-state index < -0.39 is 0 Å². The van der Waals surface area contributed by atoms with Gasteiger partial charge in [0.1, 0.15) is 0 Å². The van der Waals surface area contributed by atoms with E-state index in [9.17, 15) is 9.59 Å². The van der Waals surface area contributed by atoms with Crippen LogP contribution in [0, 0.1) is 0 Å². The first-order valence-corrected chi connectivity index (χ1v) is 10.1. The molecular formula is C22H34O4. The highest BCUT2D eigenvalue weighted by Crippen LogP contribution is 2.18. The molecule has 0 spiro atoms. The highest BCUT2D eigenvalue weighted by molar-refractivity contribution is 5.94. The van der Waals surface area contributed by atoms with Gasteiger partial charge < -0.3 is 9.47 Å². The molecule has 0 aliphatic carbocycles. The molecule has 26 heavy (non-hydrogen) atoms. The van der Waals surface area contributed by atoms with Crippen molar-refractivity contribution in [1.29, 1.82) is 0 Å². The zero-order valence-electron chi connectivity index (χ0n) is 16.6. The lowest BCUT2D eigenvalue weighted by Gasteiger charge is -2.11. The van der Waals surface area contributed by atoms with Gasteiger partial charge in [-0.2, -0.15) is 0 Å². The molecule has 146 valence electrons. The van der Waals surface area contributed by atoms with Crippen molar-refractivity contribution in [3.05, 3.63) is 34.9 Å². The molecule has 0 radical (unpaired) electrons. The van der Waals surface area contributed by atoms with Crippen LogP contribution in [0.3, 0.4) is 0 Å². The highest BCUT2D eigenvalue weighted by Gasteiger charge is 2.16. The number of aryl methyl sites for hydroxylation is 1. The van der Waals surface area contributed by atoms with Crippen LogP contribution in [0.25, 0.3) is 0 Å². The molecule has 0 aliphatic rings. The number of carbonyl (C=O) groups excluding carboxylic acids is 2. The Hall–Kier alpha value is -1.84. The molecule has 1 aromatic rings. The Bertz CT molecular complexity index is 551. The Morgan fingerprint density at radius 3 is 2.15 bits per heavy atom. The molecular weight excluding hydrogens is 328 g/mol. The predicted molar refractivity (Wildman–Crippen MR) is 105 cm³/mol. The molecule has 4 heteroatoms. The van der Waals surface area contributed by atoms with Crippen LogP contribution in [0.2, 0.25) is 0 Å². The van der Waals surface area contributed by atoms with E-state index in [-0.39, 0.29) is 11.9 Å². The average Bonchev–Trinajstić information content (AvgIpc) is 2.65. The third-order valence-electron chi connectivity index (χ3n) is 4.37. The van der Waals surface area contributed by atoms with Gasteiger partial charge in [0.15, 0.2) is 0 Å². The number of carbonyl (C=O) groups is 2. The van der Waals surface area contributed by atoms with E-state index in [2.05, 4.69) is 13.8 Å². The maximum atomic E-state index is 12.3. The topological polar surface area (TPSA) is 52.6 Å². The van der Waals surface area contributed by atoms with Gasteiger partial charge in [-0.25, -0.2) is 9.59 Å². The Morgan fingerprint density at radius 1 is 0.808 bits per heavy atom. The predicted octanol–water partition coefficient (Wildman–Crippen LogP) is 5.72. The second-order valence-electron chi connectivity index (χ2n) is 6.60. The molecule has 0 aliphatic heterocycles. The van der Waals surface area contributed by atoms with Crippen LogP contribution < -0.4 is 0 Å². The van der Waals surface area contributed by atoms with Crippen molar-refractivity contribution >= 4 is 11.9 Å². The fourth-order valence-electron chi connectivity index (χ4n) is 2.85. The molecule has 0 saturated heterocycles. The number of unbranched alkanes of at least 4 members (excludes halogenated alkanes) is 6. The normalized spacial score (nSPS) is 10.6. The molecule has 4 nitrogen and oxygen atoms in total. The van der Waals surface area contributed by atoms with E-state index in [4.69, 9.17) is 9.47 Å². The van der Waals surface area contributed by atoms with Gasteiger partial charge in [0, 0.05) is 0 Å². The van der Waals surface area contributed by atoms with E-state index in [0.717, 1.165) is 56.9 Å². The Balaban J connectivity index is 2.76. The van der Waals surface area contributed by atoms with Crippen LogP contribution in [-0.2, 0) is 15.9 Å². The quantitative estimate of drug-likeness (QED) is 0.332. The second-order valence-corrected chi connectivity index (χ2v) is 6.60. The number of ether oxygens (including phenoxy) is 2. The molecule has 1 aromatic carbocycles. The van der Waals surface area contributed by atoms with Crippen LogP contribution in [0.4, 0.5) is 0 Å². The van der Waals surface area contributed by atoms with Crippen molar-refractivity contribution in [3.63, 3.8) is 0 Å². The fraction of sp³-hybridized carbons (Fsp3) is 0.636. The first kappa shape index (κ1) is 22.2. The molecule has 0 amide bonds. The summed E-state index contributed by atoms with van der Waals surface area (Å²) in [7, 11) is 0. The third kappa shape index (κ3) is 8.03. The van der Waals surface area contributed by atoms with Gasteiger partial charge in [0.2, 0.25) is 0 Å². The van der Waals surface area contributed by atoms with Gasteiger partial charge in [0.25, 0.3) is 0 Å². The largest absolute Gasteiger partial charge is 0.462 e. The first-order valence-electron chi connectivity index (χ1n) is 10.1. The number of hydrogen-bond donors (Lipinski definition) is 0. The number of esters is 2. The molecule has 0 bridgehead atoms. The van der Waals surface area contributed by atoms with Gasteiger partial charge in [-0.05, 0) is 49.9 Å². The fourth-order valence-corrected chi connectivity index (χ4v) is 2.85. The second kappa shape index (κ2) is 13.4. The molecule has 0 unspecified atom stereocenters. The Morgan fingerprint density at radius 2 is 1.50 bits per heavy atom. The Labute approximate surface area is 158 Å². The number of hydrogen-bond acceptors (Lipinski definition) is 4. The van der Waals surface area contributed by atoms with Crippen LogP contribution in [0.15, 0.2) is 18.2 Å². The van der Waals surface area contributed by atoms with Gasteiger partial charge in [-0.15, -0.1) is 0 Å². The van der Waals surface area contributed by atoms with Crippen LogP contribution in [-0.4, -0.2) is 25.2 Å². The molecule has 0 fully saturated rings. The van der Waals surface area contributed by atoms with Crippen LogP contribution >= 0.6 is 0 Å². The van der Waals surface area contributed by atoms with Gasteiger partial charge in [-0.3, -0.25) is 0 Å². The summed E-state index contributed by atoms with van der Waals surface area (Å²) < 4.78 is 10.5. The molecule has 0 saturated carbocycles. The van der Waals surface area contributed by atoms with Crippen molar-refractivity contribution in [3.8, 4) is 0 Å². The average molecular weight is 363 g/mol. The van der Waals surface area contributed by atoms with E-state index in [1.54, 1.807) is 25.1 Å². The SMILES string of the molecule is CCCCCCOC(=O)c1ccc(C(=O)OCC)c(CCCCCC)c1. The lowest BCUT2D eigenvalue weighted by molar-refractivity contribution is 0.0491. The van der Waals surface area contributed by atoms with Crippen molar-refractivity contribution in [2.45, 2.75) is 78.6 Å². The third-order valence-corrected chi connectivity index (χ3v) is 4.37. The van der Waals surface area contributed by atoms with E-state index in [0.29, 0.717) is 24.3 Å². The van der Waals surface area contributed by atoms with Gasteiger partial charge in [-0.1, -0.05) is 52.4 Å². The highest BCUT2D eigenvalue weighted by atomic mass is 16.5. The summed E-state index contributed by atoms with van der Waals surface area (Å²) in [5.74, 6) is -0.635. The molecule has 0 heterocycles. The van der Waals surface area contributed by atoms with Crippen LogP contribution in [0.1, 0.15) is 98.4 Å². The lowest BCUT2D eigenvalue weighted by atomic mass is 9.98. The van der Waals surface area contributed by atoms with Crippen molar-refractivity contribution in [2.75, 3.05) is 13.2 Å². The summed E-state index contributed by atoms with van der Waals surface area (Å²) in [6.07, 6.45) is 9.51. The van der Waals surface area contributed by atoms with Crippen molar-refractivity contribution in [2.24, 2.45) is 0 Å².